The van der Waals surface area contributed by atoms with E-state index in [2.05, 4.69) is 0 Å². The van der Waals surface area contributed by atoms with Crippen molar-refractivity contribution in [3.63, 3.8) is 0 Å². The average Bonchev–Trinajstić information content (AvgIpc) is 1.69. The van der Waals surface area contributed by atoms with Crippen LogP contribution in [0.5, 0.6) is 0 Å². The smallest absolute Gasteiger partial charge is 0.409 e. The van der Waals surface area contributed by atoms with E-state index in [1.165, 1.54) is 0 Å². The lowest BCUT2D eigenvalue weighted by Gasteiger charge is -2.11. The SMILES string of the molecule is CCN(CO)C(=O)O. The summed E-state index contributed by atoms with van der Waals surface area (Å²) in [7, 11) is 0. The number of nitrogens with zero attached hydrogens (tertiary/aromatic N) is 1. The molecule has 0 aliphatic carbocycles. The summed E-state index contributed by atoms with van der Waals surface area (Å²) < 4.78 is 0. The summed E-state index contributed by atoms with van der Waals surface area (Å²) in [6, 6.07) is 0. The van der Waals surface area contributed by atoms with Crippen molar-refractivity contribution in [2.24, 2.45) is 0 Å². The minimum atomic E-state index is -1.09. The van der Waals surface area contributed by atoms with Gasteiger partial charge in [0.1, 0.15) is 6.73 Å². The van der Waals surface area contributed by atoms with Gasteiger partial charge in [-0.15, -0.1) is 0 Å². The Balaban J connectivity index is 3.52. The molecule has 0 bridgehead atoms. The molecule has 0 saturated carbocycles. The number of amides is 1. The molecule has 2 N–H and O–H groups in total. The molecule has 48 valence electrons. The van der Waals surface area contributed by atoms with Crippen LogP contribution in [0.4, 0.5) is 4.79 Å². The second-order valence-electron chi connectivity index (χ2n) is 1.28. The van der Waals surface area contributed by atoms with E-state index in [9.17, 15) is 4.79 Å². The molecule has 4 heteroatoms. The molecule has 0 heterocycles. The van der Waals surface area contributed by atoms with Crippen molar-refractivity contribution in [1.82, 2.24) is 4.90 Å². The number of hydrogen-bond donors (Lipinski definition) is 2. The highest BCUT2D eigenvalue weighted by Gasteiger charge is 2.04. The molecule has 8 heavy (non-hydrogen) atoms. The standard InChI is InChI=1S/C4H9NO3/c1-2-5(3-6)4(7)8/h6H,2-3H2,1H3,(H,7,8). The number of rotatable bonds is 2. The third kappa shape index (κ3) is 1.79. The van der Waals surface area contributed by atoms with Gasteiger partial charge < -0.3 is 10.2 Å². The van der Waals surface area contributed by atoms with Crippen LogP contribution in [0.25, 0.3) is 0 Å². The average molecular weight is 119 g/mol. The van der Waals surface area contributed by atoms with Gasteiger partial charge in [0.25, 0.3) is 0 Å². The molecule has 0 aromatic carbocycles. The normalized spacial score (nSPS) is 8.75. The molecule has 4 nitrogen and oxygen atoms in total. The monoisotopic (exact) mass is 119 g/mol. The number of aliphatic hydroxyl groups is 1. The Morgan fingerprint density at radius 2 is 2.25 bits per heavy atom. The van der Waals surface area contributed by atoms with Crippen molar-refractivity contribution < 1.29 is 15.0 Å². The third-order valence-corrected chi connectivity index (χ3v) is 0.823. The molecule has 0 aliphatic rings. The van der Waals surface area contributed by atoms with Crippen LogP contribution in [0.3, 0.4) is 0 Å². The highest BCUT2D eigenvalue weighted by molar-refractivity contribution is 5.64. The van der Waals surface area contributed by atoms with Crippen LogP contribution in [0, 0.1) is 0 Å². The van der Waals surface area contributed by atoms with Gasteiger partial charge in [0, 0.05) is 6.54 Å². The van der Waals surface area contributed by atoms with Gasteiger partial charge in [-0.25, -0.2) is 4.79 Å². The number of carboxylic acid groups (broad SMARTS) is 1. The quantitative estimate of drug-likeness (QED) is 0.500. The molecule has 1 amide bonds. The molecule has 0 aromatic rings. The number of aliphatic hydroxyl groups excluding tert-OH is 1. The predicted molar refractivity (Wildman–Crippen MR) is 27.5 cm³/mol. The van der Waals surface area contributed by atoms with Crippen LogP contribution in [-0.2, 0) is 0 Å². The van der Waals surface area contributed by atoms with Crippen molar-refractivity contribution in [3.8, 4) is 0 Å². The van der Waals surface area contributed by atoms with Gasteiger partial charge in [-0.1, -0.05) is 0 Å². The van der Waals surface area contributed by atoms with Gasteiger partial charge in [0.05, 0.1) is 0 Å². The molecule has 0 aromatic heterocycles. The van der Waals surface area contributed by atoms with Gasteiger partial charge in [-0.2, -0.15) is 0 Å². The number of carbonyl (C=O) groups is 1. The van der Waals surface area contributed by atoms with Crippen LogP contribution in [0.15, 0.2) is 0 Å². The maximum atomic E-state index is 9.93. The van der Waals surface area contributed by atoms with E-state index in [1.807, 2.05) is 0 Å². The van der Waals surface area contributed by atoms with E-state index in [-0.39, 0.29) is 0 Å². The summed E-state index contributed by atoms with van der Waals surface area (Å²) in [5, 5.41) is 16.4. The molecule has 0 rings (SSSR count). The van der Waals surface area contributed by atoms with E-state index < -0.39 is 12.8 Å². The first-order valence-electron chi connectivity index (χ1n) is 2.31. The predicted octanol–water partition coefficient (Wildman–Crippen LogP) is -0.0639. The van der Waals surface area contributed by atoms with E-state index in [4.69, 9.17) is 10.2 Å². The largest absolute Gasteiger partial charge is 0.465 e. The Hall–Kier alpha value is -0.770. The van der Waals surface area contributed by atoms with Crippen molar-refractivity contribution in [2.45, 2.75) is 6.92 Å². The Bertz CT molecular complexity index is 79.4. The maximum absolute atomic E-state index is 9.93. The fourth-order valence-corrected chi connectivity index (χ4v) is 0.296. The molecule has 0 radical (unpaired) electrons. The Kier molecular flexibility index (Phi) is 2.95. The van der Waals surface area contributed by atoms with E-state index >= 15 is 0 Å². The molecular formula is C4H9NO3. The zero-order chi connectivity index (χ0) is 6.57. The summed E-state index contributed by atoms with van der Waals surface area (Å²) in [5.74, 6) is 0. The fraction of sp³-hybridized carbons (Fsp3) is 0.750. The molecule has 0 spiro atoms. The van der Waals surface area contributed by atoms with Gasteiger partial charge in [0.15, 0.2) is 0 Å². The minimum Gasteiger partial charge on any atom is -0.465 e. The van der Waals surface area contributed by atoms with Crippen molar-refractivity contribution in [1.29, 1.82) is 0 Å². The zero-order valence-corrected chi connectivity index (χ0v) is 4.66. The highest BCUT2D eigenvalue weighted by atomic mass is 16.4. The lowest BCUT2D eigenvalue weighted by atomic mass is 10.6. The van der Waals surface area contributed by atoms with Crippen molar-refractivity contribution >= 4 is 6.09 Å². The lowest BCUT2D eigenvalue weighted by Crippen LogP contribution is -2.29. The number of hydrogen-bond acceptors (Lipinski definition) is 2. The van der Waals surface area contributed by atoms with Crippen LogP contribution in [-0.4, -0.2) is 34.5 Å². The Labute approximate surface area is 47.3 Å². The van der Waals surface area contributed by atoms with Gasteiger partial charge in [-0.05, 0) is 6.92 Å². The minimum absolute atomic E-state index is 0.325. The van der Waals surface area contributed by atoms with E-state index in [0.29, 0.717) is 6.54 Å². The van der Waals surface area contributed by atoms with Gasteiger partial charge in [0.2, 0.25) is 0 Å². The first-order chi connectivity index (χ1) is 3.72. The third-order valence-electron chi connectivity index (χ3n) is 0.823. The zero-order valence-electron chi connectivity index (χ0n) is 4.66. The second kappa shape index (κ2) is 3.26. The maximum Gasteiger partial charge on any atom is 0.409 e. The summed E-state index contributed by atoms with van der Waals surface area (Å²) >= 11 is 0. The Morgan fingerprint density at radius 1 is 1.75 bits per heavy atom. The summed E-state index contributed by atoms with van der Waals surface area (Å²) in [6.45, 7) is 1.56. The molecule has 0 atom stereocenters. The van der Waals surface area contributed by atoms with Crippen LogP contribution in [0.1, 0.15) is 6.92 Å². The highest BCUT2D eigenvalue weighted by Crippen LogP contribution is 1.83. The van der Waals surface area contributed by atoms with E-state index in [1.54, 1.807) is 6.92 Å². The first kappa shape index (κ1) is 7.23. The topological polar surface area (TPSA) is 60.8 Å². The van der Waals surface area contributed by atoms with Gasteiger partial charge in [-0.3, -0.25) is 4.90 Å². The summed E-state index contributed by atoms with van der Waals surface area (Å²) in [5.41, 5.74) is 0. The molecule has 0 fully saturated rings. The molecule has 0 unspecified atom stereocenters. The van der Waals surface area contributed by atoms with Crippen LogP contribution < -0.4 is 0 Å². The van der Waals surface area contributed by atoms with Crippen molar-refractivity contribution in [2.75, 3.05) is 13.3 Å². The second-order valence-corrected chi connectivity index (χ2v) is 1.28. The molecule has 0 aliphatic heterocycles. The molecule has 0 saturated heterocycles. The summed E-state index contributed by atoms with van der Waals surface area (Å²) in [4.78, 5) is 10.8. The lowest BCUT2D eigenvalue weighted by molar-refractivity contribution is 0.0923. The molecular weight excluding hydrogens is 110 g/mol. The Morgan fingerprint density at radius 3 is 2.25 bits per heavy atom. The van der Waals surface area contributed by atoms with Crippen LogP contribution in [0.2, 0.25) is 0 Å². The first-order valence-corrected chi connectivity index (χ1v) is 2.31. The summed E-state index contributed by atoms with van der Waals surface area (Å²) in [6.07, 6.45) is -1.09. The van der Waals surface area contributed by atoms with Gasteiger partial charge >= 0.3 is 6.09 Å². The van der Waals surface area contributed by atoms with Crippen LogP contribution >= 0.6 is 0 Å². The van der Waals surface area contributed by atoms with E-state index in [0.717, 1.165) is 4.90 Å². The fourth-order valence-electron chi connectivity index (χ4n) is 0.296. The van der Waals surface area contributed by atoms with Crippen molar-refractivity contribution in [3.05, 3.63) is 0 Å².